The summed E-state index contributed by atoms with van der Waals surface area (Å²) in [6.45, 7) is 6.12. The first-order chi connectivity index (χ1) is 8.67. The molecule has 1 aliphatic heterocycles. The number of hydrogen-bond donors (Lipinski definition) is 1. The molecule has 1 N–H and O–H groups in total. The number of anilines is 1. The fraction of sp³-hybridized carbons (Fsp3) is 0.692. The van der Waals surface area contributed by atoms with Gasteiger partial charge in [-0.2, -0.15) is 0 Å². The second-order valence-electron chi connectivity index (χ2n) is 4.69. The van der Waals surface area contributed by atoms with Gasteiger partial charge in [0.15, 0.2) is 0 Å². The third-order valence-corrected chi connectivity index (χ3v) is 3.35. The quantitative estimate of drug-likeness (QED) is 0.860. The molecule has 1 fully saturated rings. The number of methoxy groups -OCH3 is 1. The molecule has 0 spiro atoms. The molecule has 100 valence electrons. The van der Waals surface area contributed by atoms with E-state index in [2.05, 4.69) is 22.2 Å². The number of hydrogen-bond acceptors (Lipinski definition) is 5. The van der Waals surface area contributed by atoms with E-state index in [1.807, 2.05) is 13.0 Å². The Morgan fingerprint density at radius 3 is 2.94 bits per heavy atom. The lowest BCUT2D eigenvalue weighted by Gasteiger charge is -2.26. The molecule has 0 aliphatic carbocycles. The first kappa shape index (κ1) is 13.2. The first-order valence-electron chi connectivity index (χ1n) is 6.39. The minimum atomic E-state index is -0.217. The maximum atomic E-state index is 5.58. The van der Waals surface area contributed by atoms with Crippen LogP contribution in [0, 0.1) is 6.92 Å². The molecule has 0 aromatic carbocycles. The summed E-state index contributed by atoms with van der Waals surface area (Å²) in [4.78, 5) is 8.75. The Morgan fingerprint density at radius 1 is 1.50 bits per heavy atom. The van der Waals surface area contributed by atoms with Gasteiger partial charge in [0.1, 0.15) is 17.2 Å². The van der Waals surface area contributed by atoms with Crippen molar-refractivity contribution >= 4 is 5.82 Å². The highest BCUT2D eigenvalue weighted by molar-refractivity contribution is 5.36. The molecular formula is C13H21N3O2. The largest absolute Gasteiger partial charge is 0.378 e. The standard InChI is InChI=1S/C13H21N3O2/c1-4-11-7-12(16-10(2)15-11)14-8-13(17-3)5-6-18-9-13/h7H,4-6,8-9H2,1-3H3,(H,14,15,16). The lowest BCUT2D eigenvalue weighted by Crippen LogP contribution is -2.39. The van der Waals surface area contributed by atoms with Crippen LogP contribution < -0.4 is 5.32 Å². The van der Waals surface area contributed by atoms with Gasteiger partial charge >= 0.3 is 0 Å². The van der Waals surface area contributed by atoms with Crippen LogP contribution in [0.15, 0.2) is 6.07 Å². The molecule has 2 rings (SSSR count). The van der Waals surface area contributed by atoms with E-state index in [1.165, 1.54) is 0 Å². The minimum absolute atomic E-state index is 0.217. The zero-order valence-electron chi connectivity index (χ0n) is 11.3. The summed E-state index contributed by atoms with van der Waals surface area (Å²) in [5.74, 6) is 1.66. The number of nitrogens with zero attached hydrogens (tertiary/aromatic N) is 2. The lowest BCUT2D eigenvalue weighted by atomic mass is 10.0. The second kappa shape index (κ2) is 5.63. The molecule has 0 bridgehead atoms. The van der Waals surface area contributed by atoms with Crippen LogP contribution in [0.2, 0.25) is 0 Å². The van der Waals surface area contributed by atoms with Gasteiger partial charge in [0.2, 0.25) is 0 Å². The fourth-order valence-electron chi connectivity index (χ4n) is 2.11. The summed E-state index contributed by atoms with van der Waals surface area (Å²) in [5.41, 5.74) is 0.838. The van der Waals surface area contributed by atoms with E-state index in [9.17, 15) is 0 Å². The number of rotatable bonds is 5. The van der Waals surface area contributed by atoms with Crippen LogP contribution in [0.25, 0.3) is 0 Å². The maximum absolute atomic E-state index is 5.58. The molecule has 2 heterocycles. The molecule has 0 radical (unpaired) electrons. The Kier molecular flexibility index (Phi) is 4.14. The SMILES string of the molecule is CCc1cc(NCC2(OC)CCOC2)nc(C)n1. The van der Waals surface area contributed by atoms with Crippen LogP contribution in [0.3, 0.4) is 0 Å². The van der Waals surface area contributed by atoms with Gasteiger partial charge in [-0.15, -0.1) is 0 Å². The average Bonchev–Trinajstić information content (AvgIpc) is 2.85. The van der Waals surface area contributed by atoms with Crippen molar-refractivity contribution in [3.63, 3.8) is 0 Å². The van der Waals surface area contributed by atoms with Crippen LogP contribution in [0.5, 0.6) is 0 Å². The molecule has 5 heteroatoms. The van der Waals surface area contributed by atoms with Gasteiger partial charge < -0.3 is 14.8 Å². The number of aryl methyl sites for hydroxylation is 2. The van der Waals surface area contributed by atoms with Crippen molar-refractivity contribution in [2.24, 2.45) is 0 Å². The summed E-state index contributed by atoms with van der Waals surface area (Å²) in [6, 6.07) is 1.99. The highest BCUT2D eigenvalue weighted by atomic mass is 16.5. The molecule has 1 unspecified atom stereocenters. The summed E-state index contributed by atoms with van der Waals surface area (Å²) in [6.07, 6.45) is 1.83. The maximum Gasteiger partial charge on any atom is 0.130 e. The topological polar surface area (TPSA) is 56.3 Å². The van der Waals surface area contributed by atoms with E-state index >= 15 is 0 Å². The van der Waals surface area contributed by atoms with E-state index in [0.717, 1.165) is 36.8 Å². The zero-order chi connectivity index (χ0) is 13.0. The zero-order valence-corrected chi connectivity index (χ0v) is 11.3. The highest BCUT2D eigenvalue weighted by Gasteiger charge is 2.34. The van der Waals surface area contributed by atoms with Crippen LogP contribution in [0.1, 0.15) is 24.9 Å². The van der Waals surface area contributed by atoms with Crippen LogP contribution in [0.4, 0.5) is 5.82 Å². The first-order valence-corrected chi connectivity index (χ1v) is 6.39. The van der Waals surface area contributed by atoms with Gasteiger partial charge in [0.25, 0.3) is 0 Å². The molecular weight excluding hydrogens is 230 g/mol. The molecule has 0 saturated carbocycles. The summed E-state index contributed by atoms with van der Waals surface area (Å²) >= 11 is 0. The summed E-state index contributed by atoms with van der Waals surface area (Å²) in [5, 5.41) is 3.34. The Bertz CT molecular complexity index is 403. The molecule has 1 aromatic rings. The molecule has 18 heavy (non-hydrogen) atoms. The molecule has 1 aliphatic rings. The van der Waals surface area contributed by atoms with Crippen molar-refractivity contribution in [2.45, 2.75) is 32.3 Å². The number of nitrogens with one attached hydrogen (secondary N) is 1. The van der Waals surface area contributed by atoms with E-state index < -0.39 is 0 Å². The summed E-state index contributed by atoms with van der Waals surface area (Å²) in [7, 11) is 1.74. The second-order valence-corrected chi connectivity index (χ2v) is 4.69. The minimum Gasteiger partial charge on any atom is -0.378 e. The van der Waals surface area contributed by atoms with E-state index in [0.29, 0.717) is 13.2 Å². The van der Waals surface area contributed by atoms with Gasteiger partial charge in [-0.1, -0.05) is 6.92 Å². The van der Waals surface area contributed by atoms with Crippen LogP contribution >= 0.6 is 0 Å². The van der Waals surface area contributed by atoms with Crippen molar-refractivity contribution in [3.8, 4) is 0 Å². The van der Waals surface area contributed by atoms with E-state index in [1.54, 1.807) is 7.11 Å². The van der Waals surface area contributed by atoms with Crippen molar-refractivity contribution < 1.29 is 9.47 Å². The van der Waals surface area contributed by atoms with Crippen LogP contribution in [-0.4, -0.2) is 42.4 Å². The molecule has 1 saturated heterocycles. The third-order valence-electron chi connectivity index (χ3n) is 3.35. The Labute approximate surface area is 108 Å². The smallest absolute Gasteiger partial charge is 0.130 e. The Hall–Kier alpha value is -1.20. The molecule has 1 aromatic heterocycles. The van der Waals surface area contributed by atoms with Crippen molar-refractivity contribution in [1.82, 2.24) is 9.97 Å². The average molecular weight is 251 g/mol. The predicted octanol–water partition coefficient (Wildman–Crippen LogP) is 1.56. The predicted molar refractivity (Wildman–Crippen MR) is 69.8 cm³/mol. The Morgan fingerprint density at radius 2 is 2.33 bits per heavy atom. The third kappa shape index (κ3) is 2.97. The van der Waals surface area contributed by atoms with E-state index in [4.69, 9.17) is 9.47 Å². The number of ether oxygens (including phenoxy) is 2. The normalized spacial score (nSPS) is 23.3. The van der Waals surface area contributed by atoms with Gasteiger partial charge in [-0.3, -0.25) is 0 Å². The monoisotopic (exact) mass is 251 g/mol. The van der Waals surface area contributed by atoms with Gasteiger partial charge in [0.05, 0.1) is 6.61 Å². The van der Waals surface area contributed by atoms with Crippen LogP contribution in [-0.2, 0) is 15.9 Å². The molecule has 1 atom stereocenters. The van der Waals surface area contributed by atoms with Gasteiger partial charge in [0, 0.05) is 38.4 Å². The van der Waals surface area contributed by atoms with Gasteiger partial charge in [-0.05, 0) is 13.3 Å². The lowest BCUT2D eigenvalue weighted by molar-refractivity contribution is -0.00625. The molecule has 5 nitrogen and oxygen atoms in total. The van der Waals surface area contributed by atoms with Crippen molar-refractivity contribution in [3.05, 3.63) is 17.6 Å². The van der Waals surface area contributed by atoms with Gasteiger partial charge in [-0.25, -0.2) is 9.97 Å². The number of aromatic nitrogens is 2. The van der Waals surface area contributed by atoms with E-state index in [-0.39, 0.29) is 5.60 Å². The highest BCUT2D eigenvalue weighted by Crippen LogP contribution is 2.23. The molecule has 0 amide bonds. The fourth-order valence-corrected chi connectivity index (χ4v) is 2.11. The Balaban J connectivity index is 2.03. The van der Waals surface area contributed by atoms with Crippen molar-refractivity contribution in [2.75, 3.05) is 32.2 Å². The summed E-state index contributed by atoms with van der Waals surface area (Å²) < 4.78 is 11.0. The van der Waals surface area contributed by atoms with Crippen molar-refractivity contribution in [1.29, 1.82) is 0 Å².